The molecule has 14 heavy (non-hydrogen) atoms. The molecule has 0 spiro atoms. The number of rotatable bonds is 5. The van der Waals surface area contributed by atoms with E-state index in [4.69, 9.17) is 27.9 Å². The first kappa shape index (κ1) is 13.8. The quantitative estimate of drug-likeness (QED) is 0.549. The summed E-state index contributed by atoms with van der Waals surface area (Å²) in [6, 6.07) is 0. The first-order valence-corrected chi connectivity index (χ1v) is 4.60. The van der Waals surface area contributed by atoms with Crippen molar-refractivity contribution in [2.24, 2.45) is 4.99 Å². The first-order valence-electron chi connectivity index (χ1n) is 3.85. The van der Waals surface area contributed by atoms with Crippen molar-refractivity contribution in [2.45, 2.75) is 20.1 Å². The Kier molecular flexibility index (Phi) is 7.09. The number of methoxy groups -OCH3 is 1. The van der Waals surface area contributed by atoms with Gasteiger partial charge in [0.25, 0.3) is 0 Å². The molecule has 0 N–H and O–H groups in total. The van der Waals surface area contributed by atoms with Crippen molar-refractivity contribution in [3.05, 3.63) is 10.9 Å². The van der Waals surface area contributed by atoms with Crippen molar-refractivity contribution in [3.8, 4) is 0 Å². The van der Waals surface area contributed by atoms with Gasteiger partial charge in [-0.2, -0.15) is 0 Å². The van der Waals surface area contributed by atoms with Crippen molar-refractivity contribution < 1.29 is 13.9 Å². The largest absolute Gasteiger partial charge is 0.359 e. The van der Waals surface area contributed by atoms with Gasteiger partial charge in [0.15, 0.2) is 0 Å². The fourth-order valence-corrected chi connectivity index (χ4v) is 0.879. The molecule has 0 rings (SSSR count). The zero-order valence-electron chi connectivity index (χ0n) is 8.18. The molecule has 0 bridgehead atoms. The van der Waals surface area contributed by atoms with Crippen molar-refractivity contribution in [2.75, 3.05) is 13.9 Å². The number of halogens is 3. The third-order valence-electron chi connectivity index (χ3n) is 1.21. The van der Waals surface area contributed by atoms with E-state index in [-0.39, 0.29) is 17.0 Å². The van der Waals surface area contributed by atoms with Gasteiger partial charge in [0.1, 0.15) is 29.1 Å². The Bertz CT molecular complexity index is 239. The molecular formula is C8H12Cl2FNO2. The second-order valence-electron chi connectivity index (χ2n) is 2.44. The second-order valence-corrected chi connectivity index (χ2v) is 3.18. The van der Waals surface area contributed by atoms with Gasteiger partial charge in [-0.05, 0) is 13.8 Å². The Labute approximate surface area is 92.5 Å². The van der Waals surface area contributed by atoms with Crippen LogP contribution in [0.15, 0.2) is 15.9 Å². The molecule has 1 unspecified atom stereocenters. The lowest BCUT2D eigenvalue weighted by Crippen LogP contribution is -2.09. The van der Waals surface area contributed by atoms with Gasteiger partial charge in [0.05, 0.1) is 0 Å². The van der Waals surface area contributed by atoms with Crippen LogP contribution >= 0.6 is 23.2 Å². The van der Waals surface area contributed by atoms with E-state index in [2.05, 4.69) is 9.73 Å². The van der Waals surface area contributed by atoms with Gasteiger partial charge in [0, 0.05) is 7.11 Å². The number of nitrogens with zero attached hydrogens (tertiary/aromatic N) is 1. The van der Waals surface area contributed by atoms with E-state index < -0.39 is 12.1 Å². The van der Waals surface area contributed by atoms with Crippen molar-refractivity contribution in [3.63, 3.8) is 0 Å². The van der Waals surface area contributed by atoms with Gasteiger partial charge >= 0.3 is 0 Å². The van der Waals surface area contributed by atoms with E-state index in [1.54, 1.807) is 6.92 Å². The van der Waals surface area contributed by atoms with Gasteiger partial charge in [-0.1, -0.05) is 23.2 Å². The minimum absolute atomic E-state index is 0.0881. The van der Waals surface area contributed by atoms with E-state index in [0.29, 0.717) is 0 Å². The van der Waals surface area contributed by atoms with Crippen LogP contribution in [0.4, 0.5) is 4.39 Å². The fourth-order valence-electron chi connectivity index (χ4n) is 0.562. The van der Waals surface area contributed by atoms with E-state index >= 15 is 0 Å². The van der Waals surface area contributed by atoms with Gasteiger partial charge in [-0.3, -0.25) is 0 Å². The van der Waals surface area contributed by atoms with Crippen LogP contribution in [-0.2, 0) is 9.47 Å². The highest BCUT2D eigenvalue weighted by atomic mass is 35.5. The fraction of sp³-hybridized carbons (Fsp3) is 0.625. The molecular weight excluding hydrogens is 232 g/mol. The van der Waals surface area contributed by atoms with Crippen LogP contribution in [-0.4, -0.2) is 25.3 Å². The van der Waals surface area contributed by atoms with Crippen LogP contribution in [0.2, 0.25) is 0 Å². The summed E-state index contributed by atoms with van der Waals surface area (Å²) in [5, 5.41) is -0.324. The Morgan fingerprint density at radius 1 is 1.50 bits per heavy atom. The lowest BCUT2D eigenvalue weighted by Gasteiger charge is -2.07. The molecule has 0 fully saturated rings. The molecule has 0 saturated heterocycles. The molecule has 0 heterocycles. The van der Waals surface area contributed by atoms with Gasteiger partial charge < -0.3 is 9.47 Å². The molecule has 0 aliphatic carbocycles. The van der Waals surface area contributed by atoms with Crippen LogP contribution in [0, 0.1) is 0 Å². The Balaban J connectivity index is 4.29. The third-order valence-corrected chi connectivity index (χ3v) is 2.03. The molecule has 0 aromatic heterocycles. The molecule has 0 aromatic rings. The molecule has 0 aliphatic heterocycles. The topological polar surface area (TPSA) is 30.8 Å². The molecule has 0 amide bonds. The molecule has 0 saturated carbocycles. The standard InChI is InChI=1S/C8H12Cl2FNO2/c1-5(11)7(9)8(10)12-6(2)14-4-13-3/h6H,4H2,1-3H3/b7-5-,12-8?. The second kappa shape index (κ2) is 7.17. The summed E-state index contributed by atoms with van der Waals surface area (Å²) in [6.07, 6.45) is -0.532. The summed E-state index contributed by atoms with van der Waals surface area (Å²) in [7, 11) is 1.48. The summed E-state index contributed by atoms with van der Waals surface area (Å²) in [6.45, 7) is 2.92. The van der Waals surface area contributed by atoms with Crippen molar-refractivity contribution in [1.29, 1.82) is 0 Å². The number of hydrogen-bond donors (Lipinski definition) is 0. The smallest absolute Gasteiger partial charge is 0.150 e. The van der Waals surface area contributed by atoms with E-state index in [1.807, 2.05) is 0 Å². The normalized spacial score (nSPS) is 16.6. The molecule has 0 aliphatic rings. The maximum Gasteiger partial charge on any atom is 0.150 e. The molecule has 0 radical (unpaired) electrons. The average Bonchev–Trinajstić information content (AvgIpc) is 2.13. The summed E-state index contributed by atoms with van der Waals surface area (Å²) in [4.78, 5) is 3.79. The van der Waals surface area contributed by atoms with Gasteiger partial charge in [-0.25, -0.2) is 9.38 Å². The van der Waals surface area contributed by atoms with Crippen LogP contribution in [0.1, 0.15) is 13.8 Å². The predicted octanol–water partition coefficient (Wildman–Crippen LogP) is 3.03. The maximum atomic E-state index is 12.6. The Hall–Kier alpha value is -0.160. The summed E-state index contributed by atoms with van der Waals surface area (Å²) >= 11 is 11.1. The van der Waals surface area contributed by atoms with Crippen LogP contribution in [0.5, 0.6) is 0 Å². The highest BCUT2D eigenvalue weighted by Gasteiger charge is 2.07. The van der Waals surface area contributed by atoms with Crippen molar-refractivity contribution >= 4 is 28.4 Å². The average molecular weight is 244 g/mol. The Morgan fingerprint density at radius 3 is 2.50 bits per heavy atom. The SMILES string of the molecule is COCOC(C)N=C(Cl)/C(Cl)=C(\C)F. The highest BCUT2D eigenvalue weighted by molar-refractivity contribution is 6.76. The number of allylic oxidation sites excluding steroid dienone is 2. The highest BCUT2D eigenvalue weighted by Crippen LogP contribution is 2.16. The van der Waals surface area contributed by atoms with Gasteiger partial charge in [-0.15, -0.1) is 0 Å². The number of ether oxygens (including phenoxy) is 2. The van der Waals surface area contributed by atoms with E-state index in [1.165, 1.54) is 14.0 Å². The Morgan fingerprint density at radius 2 is 2.07 bits per heavy atom. The first-order chi connectivity index (χ1) is 6.49. The lowest BCUT2D eigenvalue weighted by atomic mass is 10.5. The van der Waals surface area contributed by atoms with E-state index in [9.17, 15) is 4.39 Å². The monoisotopic (exact) mass is 243 g/mol. The van der Waals surface area contributed by atoms with Gasteiger partial charge in [0.2, 0.25) is 0 Å². The maximum absolute atomic E-state index is 12.6. The van der Waals surface area contributed by atoms with Crippen LogP contribution < -0.4 is 0 Å². The third kappa shape index (κ3) is 5.54. The lowest BCUT2D eigenvalue weighted by molar-refractivity contribution is -0.0617. The molecule has 6 heteroatoms. The van der Waals surface area contributed by atoms with E-state index in [0.717, 1.165) is 0 Å². The zero-order valence-corrected chi connectivity index (χ0v) is 9.69. The predicted molar refractivity (Wildman–Crippen MR) is 55.4 cm³/mol. The number of hydrogen-bond acceptors (Lipinski definition) is 3. The summed E-state index contributed by atoms with van der Waals surface area (Å²) in [5.74, 6) is -0.584. The molecule has 3 nitrogen and oxygen atoms in total. The molecule has 1 atom stereocenters. The summed E-state index contributed by atoms with van der Waals surface area (Å²) < 4.78 is 22.2. The number of aliphatic imine (C=N–C) groups is 1. The summed E-state index contributed by atoms with van der Waals surface area (Å²) in [5.41, 5.74) is 0. The molecule has 0 aromatic carbocycles. The van der Waals surface area contributed by atoms with Crippen LogP contribution in [0.3, 0.4) is 0 Å². The van der Waals surface area contributed by atoms with Crippen molar-refractivity contribution in [1.82, 2.24) is 0 Å². The zero-order chi connectivity index (χ0) is 11.1. The minimum Gasteiger partial charge on any atom is -0.359 e. The minimum atomic E-state index is -0.584. The van der Waals surface area contributed by atoms with Crippen LogP contribution in [0.25, 0.3) is 0 Å². The molecule has 82 valence electrons.